The van der Waals surface area contributed by atoms with E-state index in [9.17, 15) is 0 Å². The van der Waals surface area contributed by atoms with E-state index in [0.717, 1.165) is 12.8 Å². The lowest BCUT2D eigenvalue weighted by Crippen LogP contribution is -1.85. The Morgan fingerprint density at radius 1 is 0.194 bits per heavy atom. The first-order valence-electron chi connectivity index (χ1n) is 16.3. The minimum atomic E-state index is 1.14. The molecule has 6 aliphatic rings. The van der Waals surface area contributed by atoms with Crippen LogP contribution in [0.2, 0.25) is 0 Å². The van der Waals surface area contributed by atoms with Crippen molar-refractivity contribution >= 4 is 0 Å². The van der Waals surface area contributed by atoms with Crippen molar-refractivity contribution in [3.05, 3.63) is 60.8 Å². The van der Waals surface area contributed by atoms with Crippen LogP contribution in [0.3, 0.4) is 0 Å². The summed E-state index contributed by atoms with van der Waals surface area (Å²) in [5.74, 6) is 0. The Hall–Kier alpha value is -1.30. The Labute approximate surface area is 227 Å². The number of hydrogen-bond acceptors (Lipinski definition) is 0. The molecule has 3 saturated carbocycles. The Kier molecular flexibility index (Phi) is 27.2. The van der Waals surface area contributed by atoms with Gasteiger partial charge in [-0.3, -0.25) is 0 Å². The highest BCUT2D eigenvalue weighted by Crippen LogP contribution is 2.16. The van der Waals surface area contributed by atoms with Crippen LogP contribution < -0.4 is 0 Å². The van der Waals surface area contributed by atoms with E-state index in [1.807, 2.05) is 0 Å². The highest BCUT2D eigenvalue weighted by Gasteiger charge is 1.96. The van der Waals surface area contributed by atoms with Crippen molar-refractivity contribution in [3.8, 4) is 0 Å². The maximum absolute atomic E-state index is 2.27. The summed E-state index contributed by atoms with van der Waals surface area (Å²) < 4.78 is 0. The summed E-state index contributed by atoms with van der Waals surface area (Å²) in [6.07, 6.45) is 59.0. The van der Waals surface area contributed by atoms with Gasteiger partial charge >= 0.3 is 0 Å². The fourth-order valence-corrected chi connectivity index (χ4v) is 5.03. The number of hydrogen-bond donors (Lipinski definition) is 0. The van der Waals surface area contributed by atoms with Gasteiger partial charge in [0.25, 0.3) is 0 Å². The van der Waals surface area contributed by atoms with E-state index in [0.29, 0.717) is 0 Å². The summed E-state index contributed by atoms with van der Waals surface area (Å²) in [6.45, 7) is 0. The van der Waals surface area contributed by atoms with Crippen molar-refractivity contribution < 1.29 is 0 Å². The van der Waals surface area contributed by atoms with Gasteiger partial charge in [-0.1, -0.05) is 176 Å². The minimum Gasteiger partial charge on any atom is -0.0885 e. The highest BCUT2D eigenvalue weighted by molar-refractivity contribution is 5.07. The molecular formula is C36H62. The molecule has 0 radical (unpaired) electrons. The fourth-order valence-electron chi connectivity index (χ4n) is 5.03. The van der Waals surface area contributed by atoms with Crippen molar-refractivity contribution in [2.45, 2.75) is 167 Å². The molecule has 6 aliphatic carbocycles. The third-order valence-electron chi connectivity index (χ3n) is 7.42. The zero-order valence-electron chi connectivity index (χ0n) is 24.2. The molecule has 0 unspecified atom stereocenters. The summed E-state index contributed by atoms with van der Waals surface area (Å²) in [5.41, 5.74) is 0. The Balaban J connectivity index is 0.000000216. The first kappa shape index (κ1) is 32.7. The SMILES string of the molecule is C1=CCC=CC1.C1=CCCC=C1.C1=CCCCC1.C1CCCC1.C1CCCCC1.C1CCCCCC1. The van der Waals surface area contributed by atoms with Crippen LogP contribution in [0.1, 0.15) is 167 Å². The highest BCUT2D eigenvalue weighted by atomic mass is 14.0. The molecule has 0 bridgehead atoms. The van der Waals surface area contributed by atoms with Crippen LogP contribution in [0, 0.1) is 0 Å². The van der Waals surface area contributed by atoms with Crippen molar-refractivity contribution in [3.63, 3.8) is 0 Å². The Morgan fingerprint density at radius 3 is 0.556 bits per heavy atom. The quantitative estimate of drug-likeness (QED) is 0.232. The smallest absolute Gasteiger partial charge is 0.0169 e. The van der Waals surface area contributed by atoms with E-state index in [2.05, 4.69) is 60.8 Å². The summed E-state index contributed by atoms with van der Waals surface area (Å²) in [5, 5.41) is 0. The molecule has 36 heavy (non-hydrogen) atoms. The third-order valence-corrected chi connectivity index (χ3v) is 7.42. The molecular weight excluding hydrogens is 432 g/mol. The molecule has 0 nitrogen and oxygen atoms in total. The third kappa shape index (κ3) is 27.3. The molecule has 0 aromatic heterocycles. The number of allylic oxidation sites excluding steroid dienone is 10. The van der Waals surface area contributed by atoms with Crippen molar-refractivity contribution in [2.24, 2.45) is 0 Å². The van der Waals surface area contributed by atoms with Gasteiger partial charge in [0.05, 0.1) is 0 Å². The van der Waals surface area contributed by atoms with Crippen molar-refractivity contribution in [1.29, 1.82) is 0 Å². The van der Waals surface area contributed by atoms with Gasteiger partial charge in [-0.25, -0.2) is 0 Å². The molecule has 0 heteroatoms. The van der Waals surface area contributed by atoms with Crippen LogP contribution in [0.25, 0.3) is 0 Å². The second-order valence-electron chi connectivity index (χ2n) is 11.0. The lowest BCUT2D eigenvalue weighted by atomic mass is 10.0. The Bertz CT molecular complexity index is 469. The zero-order chi connectivity index (χ0) is 25.5. The Morgan fingerprint density at radius 2 is 0.444 bits per heavy atom. The summed E-state index contributed by atoms with van der Waals surface area (Å²) in [6, 6.07) is 0. The van der Waals surface area contributed by atoms with Gasteiger partial charge in [0, 0.05) is 0 Å². The monoisotopic (exact) mass is 494 g/mol. The average Bonchev–Trinajstić information content (AvgIpc) is 3.46. The molecule has 0 spiro atoms. The predicted octanol–water partition coefficient (Wildman–Crippen LogP) is 12.9. The first-order chi connectivity index (χ1) is 18.0. The van der Waals surface area contributed by atoms with Gasteiger partial charge in [0.1, 0.15) is 0 Å². The zero-order valence-corrected chi connectivity index (χ0v) is 24.2. The van der Waals surface area contributed by atoms with Crippen LogP contribution in [-0.2, 0) is 0 Å². The molecule has 0 amide bonds. The van der Waals surface area contributed by atoms with Gasteiger partial charge in [-0.05, 0) is 51.4 Å². The van der Waals surface area contributed by atoms with Crippen LogP contribution in [-0.4, -0.2) is 0 Å². The second kappa shape index (κ2) is 29.9. The molecule has 0 aromatic carbocycles. The molecule has 0 N–H and O–H groups in total. The first-order valence-corrected chi connectivity index (χ1v) is 16.3. The summed E-state index contributed by atoms with van der Waals surface area (Å²) >= 11 is 0. The second-order valence-corrected chi connectivity index (χ2v) is 11.0. The molecule has 6 rings (SSSR count). The molecule has 3 fully saturated rings. The van der Waals surface area contributed by atoms with Crippen molar-refractivity contribution in [2.75, 3.05) is 0 Å². The van der Waals surface area contributed by atoms with Crippen LogP contribution >= 0.6 is 0 Å². The number of rotatable bonds is 0. The standard InChI is InChI=1S/C7H14.C6H12.C6H10.2C6H8.C5H10/c1-2-4-6-7-5-3-1;4*1-2-4-6-5-3-1;1-2-4-5-3-1/h1-7H2;1-6H2;1-2H,3-6H2;1-2,5-6H,3-4H2;1-4H,5-6H2;1-5H2. The van der Waals surface area contributed by atoms with E-state index in [1.54, 1.807) is 0 Å². The lowest BCUT2D eigenvalue weighted by molar-refractivity contribution is 0.504. The minimum absolute atomic E-state index is 1.14. The fraction of sp³-hybridized carbons (Fsp3) is 0.722. The van der Waals surface area contributed by atoms with Gasteiger partial charge in [-0.15, -0.1) is 0 Å². The maximum Gasteiger partial charge on any atom is -0.0169 e. The lowest BCUT2D eigenvalue weighted by Gasteiger charge is -2.05. The van der Waals surface area contributed by atoms with E-state index >= 15 is 0 Å². The average molecular weight is 495 g/mol. The van der Waals surface area contributed by atoms with E-state index in [4.69, 9.17) is 0 Å². The van der Waals surface area contributed by atoms with Gasteiger partial charge in [0.2, 0.25) is 0 Å². The van der Waals surface area contributed by atoms with Crippen molar-refractivity contribution in [1.82, 2.24) is 0 Å². The molecule has 206 valence electrons. The van der Waals surface area contributed by atoms with Gasteiger partial charge < -0.3 is 0 Å². The van der Waals surface area contributed by atoms with E-state index < -0.39 is 0 Å². The molecule has 0 aromatic rings. The molecule has 0 heterocycles. The summed E-state index contributed by atoms with van der Waals surface area (Å²) in [4.78, 5) is 0. The molecule has 0 saturated heterocycles. The van der Waals surface area contributed by atoms with Gasteiger partial charge in [0.15, 0.2) is 0 Å². The normalized spacial score (nSPS) is 21.8. The van der Waals surface area contributed by atoms with Gasteiger partial charge in [-0.2, -0.15) is 0 Å². The predicted molar refractivity (Wildman–Crippen MR) is 166 cm³/mol. The largest absolute Gasteiger partial charge is 0.0885 e. The summed E-state index contributed by atoms with van der Waals surface area (Å²) in [7, 11) is 0. The topological polar surface area (TPSA) is 0 Å². The molecule has 0 atom stereocenters. The molecule has 0 aliphatic heterocycles. The van der Waals surface area contributed by atoms with E-state index in [1.165, 1.54) is 154 Å². The van der Waals surface area contributed by atoms with Crippen LogP contribution in [0.4, 0.5) is 0 Å². The van der Waals surface area contributed by atoms with Crippen LogP contribution in [0.5, 0.6) is 0 Å². The van der Waals surface area contributed by atoms with E-state index in [-0.39, 0.29) is 0 Å². The van der Waals surface area contributed by atoms with Crippen LogP contribution in [0.15, 0.2) is 60.8 Å². The maximum atomic E-state index is 2.27.